The SMILES string of the molecule is COc1ccc(OC)c(C(C)NC(=O)c2cccc(OC)c2OC)c1. The van der Waals surface area contributed by atoms with E-state index in [0.29, 0.717) is 28.6 Å². The summed E-state index contributed by atoms with van der Waals surface area (Å²) in [6.45, 7) is 1.88. The van der Waals surface area contributed by atoms with E-state index in [9.17, 15) is 4.79 Å². The Kier molecular flexibility index (Phi) is 6.11. The van der Waals surface area contributed by atoms with Gasteiger partial charge in [0.1, 0.15) is 11.5 Å². The lowest BCUT2D eigenvalue weighted by molar-refractivity contribution is 0.0935. The molecule has 0 fully saturated rings. The number of benzene rings is 2. The number of rotatable bonds is 7. The molecule has 0 aliphatic heterocycles. The molecule has 0 aliphatic rings. The van der Waals surface area contributed by atoms with Crippen LogP contribution >= 0.6 is 0 Å². The van der Waals surface area contributed by atoms with E-state index in [1.165, 1.54) is 14.2 Å². The second kappa shape index (κ2) is 8.28. The van der Waals surface area contributed by atoms with E-state index in [4.69, 9.17) is 18.9 Å². The van der Waals surface area contributed by atoms with Crippen molar-refractivity contribution in [3.8, 4) is 23.0 Å². The topological polar surface area (TPSA) is 66.0 Å². The van der Waals surface area contributed by atoms with E-state index >= 15 is 0 Å². The first-order valence-corrected chi connectivity index (χ1v) is 7.79. The van der Waals surface area contributed by atoms with Crippen LogP contribution in [0.3, 0.4) is 0 Å². The zero-order valence-corrected chi connectivity index (χ0v) is 15.1. The van der Waals surface area contributed by atoms with Crippen LogP contribution in [-0.4, -0.2) is 34.3 Å². The summed E-state index contributed by atoms with van der Waals surface area (Å²) in [5.74, 6) is 1.99. The van der Waals surface area contributed by atoms with Gasteiger partial charge in [0.15, 0.2) is 11.5 Å². The van der Waals surface area contributed by atoms with Gasteiger partial charge in [-0.3, -0.25) is 4.79 Å². The van der Waals surface area contributed by atoms with Gasteiger partial charge in [0.2, 0.25) is 0 Å². The van der Waals surface area contributed by atoms with Crippen molar-refractivity contribution in [2.75, 3.05) is 28.4 Å². The second-order valence-corrected chi connectivity index (χ2v) is 5.34. The zero-order valence-electron chi connectivity index (χ0n) is 15.1. The molecule has 0 bridgehead atoms. The Balaban J connectivity index is 2.29. The van der Waals surface area contributed by atoms with Gasteiger partial charge in [-0.2, -0.15) is 0 Å². The van der Waals surface area contributed by atoms with E-state index in [2.05, 4.69) is 5.32 Å². The summed E-state index contributed by atoms with van der Waals surface area (Å²) in [7, 11) is 6.22. The molecule has 0 saturated heterocycles. The van der Waals surface area contributed by atoms with Crippen LogP contribution in [-0.2, 0) is 0 Å². The Morgan fingerprint density at radius 2 is 1.64 bits per heavy atom. The van der Waals surface area contributed by atoms with Crippen molar-refractivity contribution < 1.29 is 23.7 Å². The third kappa shape index (κ3) is 3.96. The predicted octanol–water partition coefficient (Wildman–Crippen LogP) is 3.21. The molecule has 0 radical (unpaired) electrons. The maximum atomic E-state index is 12.7. The maximum Gasteiger partial charge on any atom is 0.255 e. The molecular formula is C19H23NO5. The van der Waals surface area contributed by atoms with Crippen molar-refractivity contribution in [2.24, 2.45) is 0 Å². The van der Waals surface area contributed by atoms with Gasteiger partial charge < -0.3 is 24.3 Å². The minimum Gasteiger partial charge on any atom is -0.497 e. The highest BCUT2D eigenvalue weighted by atomic mass is 16.5. The molecule has 2 aromatic carbocycles. The summed E-state index contributed by atoms with van der Waals surface area (Å²) in [5, 5.41) is 2.95. The second-order valence-electron chi connectivity index (χ2n) is 5.34. The van der Waals surface area contributed by atoms with Gasteiger partial charge in [-0.1, -0.05) is 6.07 Å². The molecular weight excluding hydrogens is 322 g/mol. The van der Waals surface area contributed by atoms with E-state index in [1.54, 1.807) is 32.4 Å². The molecule has 6 heteroatoms. The molecule has 0 aliphatic carbocycles. The molecule has 1 N–H and O–H groups in total. The summed E-state index contributed by atoms with van der Waals surface area (Å²) in [6, 6.07) is 10.3. The Hall–Kier alpha value is -2.89. The summed E-state index contributed by atoms with van der Waals surface area (Å²) >= 11 is 0. The molecule has 0 heterocycles. The van der Waals surface area contributed by atoms with Crippen LogP contribution in [0.25, 0.3) is 0 Å². The summed E-state index contributed by atoms with van der Waals surface area (Å²) in [4.78, 5) is 12.7. The smallest absolute Gasteiger partial charge is 0.255 e. The first-order chi connectivity index (χ1) is 12.0. The molecule has 1 amide bonds. The molecule has 1 atom stereocenters. The Morgan fingerprint density at radius 1 is 0.920 bits per heavy atom. The van der Waals surface area contributed by atoms with E-state index in [-0.39, 0.29) is 11.9 Å². The van der Waals surface area contributed by atoms with Crippen LogP contribution in [0.4, 0.5) is 0 Å². The lowest BCUT2D eigenvalue weighted by atomic mass is 10.1. The van der Waals surface area contributed by atoms with Crippen LogP contribution in [0.5, 0.6) is 23.0 Å². The van der Waals surface area contributed by atoms with Gasteiger partial charge in [0, 0.05) is 5.56 Å². The first kappa shape index (κ1) is 18.4. The number of ether oxygens (including phenoxy) is 4. The summed E-state index contributed by atoms with van der Waals surface area (Å²) in [5.41, 5.74) is 1.22. The highest BCUT2D eigenvalue weighted by molar-refractivity contribution is 5.98. The number of para-hydroxylation sites is 1. The van der Waals surface area contributed by atoms with Gasteiger partial charge in [-0.15, -0.1) is 0 Å². The predicted molar refractivity (Wildman–Crippen MR) is 95.0 cm³/mol. The fourth-order valence-corrected chi connectivity index (χ4v) is 2.60. The number of hydrogen-bond acceptors (Lipinski definition) is 5. The van der Waals surface area contributed by atoms with Crippen LogP contribution in [0, 0.1) is 0 Å². The molecule has 25 heavy (non-hydrogen) atoms. The third-order valence-electron chi connectivity index (χ3n) is 3.90. The first-order valence-electron chi connectivity index (χ1n) is 7.79. The van der Waals surface area contributed by atoms with Crippen LogP contribution in [0.2, 0.25) is 0 Å². The number of amides is 1. The Labute approximate surface area is 147 Å². The fraction of sp³-hybridized carbons (Fsp3) is 0.316. The number of methoxy groups -OCH3 is 4. The van der Waals surface area contributed by atoms with Gasteiger partial charge >= 0.3 is 0 Å². The van der Waals surface area contributed by atoms with Gasteiger partial charge in [-0.05, 0) is 37.3 Å². The number of nitrogens with one attached hydrogen (secondary N) is 1. The molecule has 0 aromatic heterocycles. The zero-order chi connectivity index (χ0) is 18.4. The highest BCUT2D eigenvalue weighted by Crippen LogP contribution is 2.32. The van der Waals surface area contributed by atoms with Crippen molar-refractivity contribution >= 4 is 5.91 Å². The molecule has 6 nitrogen and oxygen atoms in total. The lowest BCUT2D eigenvalue weighted by Gasteiger charge is -2.19. The quantitative estimate of drug-likeness (QED) is 0.835. The van der Waals surface area contributed by atoms with E-state index in [0.717, 1.165) is 5.56 Å². The minimum absolute atomic E-state index is 0.270. The summed E-state index contributed by atoms with van der Waals surface area (Å²) in [6.07, 6.45) is 0. The highest BCUT2D eigenvalue weighted by Gasteiger charge is 2.20. The molecule has 2 rings (SSSR count). The van der Waals surface area contributed by atoms with E-state index < -0.39 is 0 Å². The van der Waals surface area contributed by atoms with Crippen LogP contribution in [0.15, 0.2) is 36.4 Å². The molecule has 0 spiro atoms. The van der Waals surface area contributed by atoms with Crippen molar-refractivity contribution in [1.82, 2.24) is 5.32 Å². The van der Waals surface area contributed by atoms with Crippen molar-refractivity contribution in [3.05, 3.63) is 47.5 Å². The van der Waals surface area contributed by atoms with Crippen LogP contribution in [0.1, 0.15) is 28.9 Å². The lowest BCUT2D eigenvalue weighted by Crippen LogP contribution is -2.27. The third-order valence-corrected chi connectivity index (χ3v) is 3.90. The normalized spacial score (nSPS) is 11.4. The molecule has 0 saturated carbocycles. The monoisotopic (exact) mass is 345 g/mol. The fourth-order valence-electron chi connectivity index (χ4n) is 2.60. The largest absolute Gasteiger partial charge is 0.497 e. The van der Waals surface area contributed by atoms with Gasteiger partial charge in [0.05, 0.1) is 40.0 Å². The van der Waals surface area contributed by atoms with Gasteiger partial charge in [-0.25, -0.2) is 0 Å². The maximum absolute atomic E-state index is 12.7. The van der Waals surface area contributed by atoms with Crippen molar-refractivity contribution in [3.63, 3.8) is 0 Å². The van der Waals surface area contributed by atoms with Crippen LogP contribution < -0.4 is 24.3 Å². The number of hydrogen-bond donors (Lipinski definition) is 1. The van der Waals surface area contributed by atoms with Crippen molar-refractivity contribution in [2.45, 2.75) is 13.0 Å². The Bertz CT molecular complexity index is 745. The molecule has 1 unspecified atom stereocenters. The standard InChI is InChI=1S/C19H23NO5/c1-12(15-11-13(22-2)9-10-16(15)23-3)20-19(21)14-7-6-8-17(24-4)18(14)25-5/h6-12H,1-5H3,(H,20,21). The Morgan fingerprint density at radius 3 is 2.24 bits per heavy atom. The van der Waals surface area contributed by atoms with E-state index in [1.807, 2.05) is 25.1 Å². The average Bonchev–Trinajstić information content (AvgIpc) is 2.66. The summed E-state index contributed by atoms with van der Waals surface area (Å²) < 4.78 is 21.2. The molecule has 2 aromatic rings. The number of carbonyl (C=O) groups is 1. The number of carbonyl (C=O) groups excluding carboxylic acids is 1. The van der Waals surface area contributed by atoms with Crippen molar-refractivity contribution in [1.29, 1.82) is 0 Å². The van der Waals surface area contributed by atoms with Gasteiger partial charge in [0.25, 0.3) is 5.91 Å². The minimum atomic E-state index is -0.298. The molecule has 134 valence electrons. The average molecular weight is 345 g/mol.